The molecule has 7 rings (SSSR count). The average molecular weight is 557 g/mol. The van der Waals surface area contributed by atoms with Crippen molar-refractivity contribution in [3.63, 3.8) is 0 Å². The van der Waals surface area contributed by atoms with Crippen LogP contribution in [0.25, 0.3) is 22.3 Å². The van der Waals surface area contributed by atoms with Gasteiger partial charge in [-0.2, -0.15) is 5.10 Å². The number of anilines is 2. The number of nitrogens with zero attached hydrogens (tertiary/aromatic N) is 6. The summed E-state index contributed by atoms with van der Waals surface area (Å²) in [5.41, 5.74) is 5.56. The van der Waals surface area contributed by atoms with E-state index in [1.54, 1.807) is 23.0 Å². The van der Waals surface area contributed by atoms with Crippen LogP contribution in [0.2, 0.25) is 0 Å². The Morgan fingerprint density at radius 1 is 1.15 bits per heavy atom. The Morgan fingerprint density at radius 2 is 2.02 bits per heavy atom. The fourth-order valence-corrected chi connectivity index (χ4v) is 6.67. The molecule has 0 unspecified atom stereocenters. The molecule has 11 nitrogen and oxygen atoms in total. The number of hydrogen-bond acceptors (Lipinski definition) is 8. The third-order valence-corrected chi connectivity index (χ3v) is 8.77. The molecule has 0 spiro atoms. The van der Waals surface area contributed by atoms with Crippen LogP contribution in [0.1, 0.15) is 35.3 Å². The summed E-state index contributed by atoms with van der Waals surface area (Å²) in [4.78, 5) is 25.6. The predicted molar refractivity (Wildman–Crippen MR) is 156 cm³/mol. The minimum atomic E-state index is -0.235. The van der Waals surface area contributed by atoms with Crippen LogP contribution >= 0.6 is 0 Å². The fraction of sp³-hybridized carbons (Fsp3) is 0.467. The zero-order chi connectivity index (χ0) is 28.1. The van der Waals surface area contributed by atoms with Crippen LogP contribution in [0, 0.1) is 18.8 Å². The van der Waals surface area contributed by atoms with Crippen molar-refractivity contribution in [3.05, 3.63) is 47.8 Å². The summed E-state index contributed by atoms with van der Waals surface area (Å²) in [5.74, 6) is 1.86. The summed E-state index contributed by atoms with van der Waals surface area (Å²) in [6, 6.07) is 9.86. The number of benzene rings is 1. The van der Waals surface area contributed by atoms with Crippen molar-refractivity contribution in [1.82, 2.24) is 29.6 Å². The van der Waals surface area contributed by atoms with Crippen LogP contribution < -0.4 is 20.3 Å². The first kappa shape index (κ1) is 26.0. The van der Waals surface area contributed by atoms with E-state index < -0.39 is 0 Å². The fourth-order valence-electron chi connectivity index (χ4n) is 6.67. The third-order valence-electron chi connectivity index (χ3n) is 8.77. The Hall–Kier alpha value is -3.96. The Bertz CT molecular complexity index is 1610. The number of aliphatic hydroxyl groups is 1. The van der Waals surface area contributed by atoms with E-state index in [9.17, 15) is 9.90 Å². The van der Waals surface area contributed by atoms with Crippen LogP contribution in [0.15, 0.2) is 36.5 Å². The molecule has 3 N–H and O–H groups in total. The molecule has 3 aliphatic rings. The number of fused-ring (bicyclic) bond motifs is 9. The molecule has 41 heavy (non-hydrogen) atoms. The van der Waals surface area contributed by atoms with Gasteiger partial charge in [-0.15, -0.1) is 0 Å². The van der Waals surface area contributed by atoms with Gasteiger partial charge in [0.1, 0.15) is 0 Å². The number of hydrogen-bond donors (Lipinski definition) is 3. The molecule has 11 heteroatoms. The first-order valence-corrected chi connectivity index (χ1v) is 14.5. The molecule has 0 radical (unpaired) electrons. The predicted octanol–water partition coefficient (Wildman–Crippen LogP) is 2.97. The van der Waals surface area contributed by atoms with Crippen LogP contribution in [-0.4, -0.2) is 74.2 Å². The van der Waals surface area contributed by atoms with E-state index in [1.807, 2.05) is 20.0 Å². The molecule has 1 aromatic carbocycles. The van der Waals surface area contributed by atoms with Gasteiger partial charge in [-0.05, 0) is 68.4 Å². The number of carbonyl (C=O) groups excluding carboxylic acids is 1. The Kier molecular flexibility index (Phi) is 6.63. The van der Waals surface area contributed by atoms with E-state index in [2.05, 4.69) is 37.3 Å². The van der Waals surface area contributed by atoms with Crippen molar-refractivity contribution >= 4 is 28.6 Å². The van der Waals surface area contributed by atoms with Gasteiger partial charge in [0.15, 0.2) is 0 Å². The number of aromatic nitrogens is 5. The number of aliphatic hydroxyl groups excluding tert-OH is 1. The zero-order valence-corrected chi connectivity index (χ0v) is 23.5. The first-order valence-electron chi connectivity index (χ1n) is 14.5. The highest BCUT2D eigenvalue weighted by Crippen LogP contribution is 2.37. The van der Waals surface area contributed by atoms with Crippen molar-refractivity contribution in [2.24, 2.45) is 18.9 Å². The number of imidazole rings is 1. The standard InChI is InChI=1S/C30H36N8O3/c1-18-9-21-11-26(33-18)24-14-32-36(2)29(24)41-17-20-4-3-19(10-20)15-38-27-12-22(37-8-7-31-13-23(37)16-39)5-6-25(27)34-30(38)35-28(21)40/h5-6,9,11-12,14,19-20,23,31,39H,3-4,7-8,10,13,15-17H2,1-2H3,(H,34,35,40)/t19-,20+,23-/m1/s1. The topological polar surface area (TPSA) is 122 Å². The summed E-state index contributed by atoms with van der Waals surface area (Å²) in [6.07, 6.45) is 4.97. The zero-order valence-electron chi connectivity index (χ0n) is 23.5. The quantitative estimate of drug-likeness (QED) is 0.345. The van der Waals surface area contributed by atoms with Crippen molar-refractivity contribution < 1.29 is 14.6 Å². The molecular weight excluding hydrogens is 520 g/mol. The van der Waals surface area contributed by atoms with Crippen LogP contribution in [0.4, 0.5) is 11.6 Å². The highest BCUT2D eigenvalue weighted by atomic mass is 16.5. The van der Waals surface area contributed by atoms with E-state index in [1.165, 1.54) is 0 Å². The largest absolute Gasteiger partial charge is 0.477 e. The van der Waals surface area contributed by atoms with Gasteiger partial charge in [0, 0.05) is 50.2 Å². The van der Waals surface area contributed by atoms with E-state index in [0.717, 1.165) is 73.4 Å². The molecule has 4 bridgehead atoms. The molecule has 3 atom stereocenters. The lowest BCUT2D eigenvalue weighted by Gasteiger charge is -2.37. The SMILES string of the molecule is Cc1cc2cc(n1)-c1cnn(C)c1OC[C@H]1CC[C@H](C1)Cn1c(nc3ccc(N4CCNC[C@@H]4CO)cc31)NC2=O. The summed E-state index contributed by atoms with van der Waals surface area (Å²) < 4.78 is 10.3. The van der Waals surface area contributed by atoms with Gasteiger partial charge in [-0.25, -0.2) is 9.67 Å². The normalized spacial score (nSPS) is 22.9. The van der Waals surface area contributed by atoms with E-state index in [0.29, 0.717) is 41.5 Å². The molecule has 1 aliphatic carbocycles. The highest BCUT2D eigenvalue weighted by molar-refractivity contribution is 6.05. The minimum absolute atomic E-state index is 0.0188. The molecule has 2 fully saturated rings. The van der Waals surface area contributed by atoms with Crippen molar-refractivity contribution in [2.45, 2.75) is 38.8 Å². The maximum absolute atomic E-state index is 13.7. The van der Waals surface area contributed by atoms with Crippen molar-refractivity contribution in [1.29, 1.82) is 0 Å². The molecule has 5 heterocycles. The van der Waals surface area contributed by atoms with Gasteiger partial charge >= 0.3 is 0 Å². The lowest BCUT2D eigenvalue weighted by Crippen LogP contribution is -2.53. The summed E-state index contributed by atoms with van der Waals surface area (Å²) in [7, 11) is 1.87. The number of rotatable bonds is 2. The second-order valence-corrected chi connectivity index (χ2v) is 11.6. The average Bonchev–Trinajstić information content (AvgIpc) is 3.68. The van der Waals surface area contributed by atoms with Gasteiger partial charge < -0.3 is 24.6 Å². The van der Waals surface area contributed by atoms with Crippen molar-refractivity contribution in [3.8, 4) is 17.1 Å². The molecule has 2 aliphatic heterocycles. The van der Waals surface area contributed by atoms with E-state index in [4.69, 9.17) is 14.7 Å². The number of piperazine rings is 1. The second kappa shape index (κ2) is 10.5. The first-order chi connectivity index (χ1) is 20.0. The van der Waals surface area contributed by atoms with Crippen LogP contribution in [0.3, 0.4) is 0 Å². The van der Waals surface area contributed by atoms with Gasteiger partial charge in [0.2, 0.25) is 11.8 Å². The number of ether oxygens (including phenoxy) is 1. The molecule has 1 saturated heterocycles. The lowest BCUT2D eigenvalue weighted by molar-refractivity contribution is 0.102. The van der Waals surface area contributed by atoms with Crippen LogP contribution in [-0.2, 0) is 13.6 Å². The lowest BCUT2D eigenvalue weighted by atomic mass is 10.1. The van der Waals surface area contributed by atoms with E-state index >= 15 is 0 Å². The molecule has 214 valence electrons. The van der Waals surface area contributed by atoms with Gasteiger partial charge in [0.25, 0.3) is 5.91 Å². The van der Waals surface area contributed by atoms with Crippen LogP contribution in [0.5, 0.6) is 5.88 Å². The number of pyridine rings is 1. The molecule has 1 saturated carbocycles. The van der Waals surface area contributed by atoms with E-state index in [-0.39, 0.29) is 18.6 Å². The van der Waals surface area contributed by atoms with Gasteiger partial charge in [0.05, 0.1) is 47.7 Å². The Balaban J connectivity index is 1.31. The number of carbonyl (C=O) groups is 1. The minimum Gasteiger partial charge on any atom is -0.477 e. The number of aryl methyl sites for hydroxylation is 2. The summed E-state index contributed by atoms with van der Waals surface area (Å²) in [5, 5.41) is 20.9. The molecule has 4 aromatic rings. The van der Waals surface area contributed by atoms with Gasteiger partial charge in [-0.3, -0.25) is 15.1 Å². The smallest absolute Gasteiger partial charge is 0.258 e. The maximum Gasteiger partial charge on any atom is 0.258 e. The number of nitrogens with one attached hydrogen (secondary N) is 2. The highest BCUT2D eigenvalue weighted by Gasteiger charge is 2.29. The Morgan fingerprint density at radius 3 is 2.90 bits per heavy atom. The van der Waals surface area contributed by atoms with Crippen molar-refractivity contribution in [2.75, 3.05) is 43.1 Å². The van der Waals surface area contributed by atoms with Gasteiger partial charge in [-0.1, -0.05) is 0 Å². The summed E-state index contributed by atoms with van der Waals surface area (Å²) >= 11 is 0. The molecule has 3 aromatic heterocycles. The second-order valence-electron chi connectivity index (χ2n) is 11.6. The maximum atomic E-state index is 13.7. The number of amides is 1. The summed E-state index contributed by atoms with van der Waals surface area (Å²) in [6.45, 7) is 5.78. The monoisotopic (exact) mass is 556 g/mol. The Labute approximate surface area is 238 Å². The third kappa shape index (κ3) is 4.82. The molecular formula is C30H36N8O3. The molecule has 1 amide bonds.